The van der Waals surface area contributed by atoms with Gasteiger partial charge in [0.15, 0.2) is 5.78 Å². The van der Waals surface area contributed by atoms with Crippen molar-refractivity contribution in [3.05, 3.63) is 70.2 Å². The van der Waals surface area contributed by atoms with Crippen molar-refractivity contribution in [3.63, 3.8) is 0 Å². The third-order valence-electron chi connectivity index (χ3n) is 2.82. The van der Waals surface area contributed by atoms with Crippen LogP contribution in [0.5, 0.6) is 0 Å². The maximum atomic E-state index is 12.2. The maximum Gasteiger partial charge on any atom is 0.170 e. The highest BCUT2D eigenvalue weighted by atomic mass is 79.9. The maximum absolute atomic E-state index is 12.2. The lowest BCUT2D eigenvalue weighted by atomic mass is 9.92. The molecule has 17 heavy (non-hydrogen) atoms. The Bertz CT molecular complexity index is 502. The van der Waals surface area contributed by atoms with Gasteiger partial charge < -0.3 is 0 Å². The molecule has 0 aliphatic heterocycles. The zero-order chi connectivity index (χ0) is 12.3. The summed E-state index contributed by atoms with van der Waals surface area (Å²) in [6.45, 7) is 1.94. The molecular formula is C15H13BrO. The molecule has 0 N–H and O–H groups in total. The summed E-state index contributed by atoms with van der Waals surface area (Å²) in [5.41, 5.74) is 1.81. The van der Waals surface area contributed by atoms with Gasteiger partial charge in [-0.15, -0.1) is 0 Å². The van der Waals surface area contributed by atoms with Gasteiger partial charge in [-0.25, -0.2) is 0 Å². The van der Waals surface area contributed by atoms with Crippen molar-refractivity contribution >= 4 is 21.7 Å². The summed E-state index contributed by atoms with van der Waals surface area (Å²) < 4.78 is 0.987. The smallest absolute Gasteiger partial charge is 0.170 e. The molecule has 0 unspecified atom stereocenters. The summed E-state index contributed by atoms with van der Waals surface area (Å²) in [5.74, 6) is 0.0566. The second-order valence-electron chi connectivity index (χ2n) is 4.00. The molecule has 0 aromatic heterocycles. The third-order valence-corrected chi connectivity index (χ3v) is 3.35. The van der Waals surface area contributed by atoms with E-state index >= 15 is 0 Å². The number of halogens is 1. The van der Waals surface area contributed by atoms with E-state index in [4.69, 9.17) is 0 Å². The minimum atomic E-state index is -0.0997. The topological polar surface area (TPSA) is 17.1 Å². The zero-order valence-electron chi connectivity index (χ0n) is 9.56. The minimum Gasteiger partial charge on any atom is -0.294 e. The highest BCUT2D eigenvalue weighted by Gasteiger charge is 2.16. The van der Waals surface area contributed by atoms with Crippen LogP contribution in [0.4, 0.5) is 0 Å². The number of Topliss-reactive ketones (excluding diaryl/α,β-unsaturated/α-hetero) is 1. The summed E-state index contributed by atoms with van der Waals surface area (Å²) in [4.78, 5) is 12.2. The number of carbonyl (C=O) groups is 1. The van der Waals surface area contributed by atoms with Gasteiger partial charge in [-0.1, -0.05) is 65.3 Å². The zero-order valence-corrected chi connectivity index (χ0v) is 11.1. The predicted octanol–water partition coefficient (Wildman–Crippen LogP) is 4.44. The summed E-state index contributed by atoms with van der Waals surface area (Å²) in [5, 5.41) is 0. The quantitative estimate of drug-likeness (QED) is 0.764. The second kappa shape index (κ2) is 5.28. The SMILES string of the molecule is C[C@H](C(=O)c1ccc(Br)cc1)c1ccccc1. The fraction of sp³-hybridized carbons (Fsp3) is 0.133. The molecule has 0 heterocycles. The van der Waals surface area contributed by atoms with Crippen LogP contribution in [-0.4, -0.2) is 5.78 Å². The van der Waals surface area contributed by atoms with E-state index in [-0.39, 0.29) is 11.7 Å². The average Bonchev–Trinajstić information content (AvgIpc) is 2.39. The molecule has 2 aromatic rings. The summed E-state index contributed by atoms with van der Waals surface area (Å²) in [6.07, 6.45) is 0. The lowest BCUT2D eigenvalue weighted by Crippen LogP contribution is -2.09. The minimum absolute atomic E-state index is 0.0997. The van der Waals surface area contributed by atoms with Crippen LogP contribution in [0.1, 0.15) is 28.8 Å². The van der Waals surface area contributed by atoms with E-state index in [1.807, 2.05) is 61.5 Å². The molecule has 2 aromatic carbocycles. The molecule has 86 valence electrons. The summed E-state index contributed by atoms with van der Waals surface area (Å²) in [6, 6.07) is 17.3. The van der Waals surface area contributed by atoms with Crippen LogP contribution >= 0.6 is 15.9 Å². The van der Waals surface area contributed by atoms with Gasteiger partial charge in [0.2, 0.25) is 0 Å². The lowest BCUT2D eigenvalue weighted by Gasteiger charge is -2.10. The van der Waals surface area contributed by atoms with Gasteiger partial charge in [-0.2, -0.15) is 0 Å². The third kappa shape index (κ3) is 2.83. The van der Waals surface area contributed by atoms with Gasteiger partial charge in [0.05, 0.1) is 0 Å². The Kier molecular flexibility index (Phi) is 3.75. The molecular weight excluding hydrogens is 276 g/mol. The molecule has 0 saturated carbocycles. The van der Waals surface area contributed by atoms with E-state index in [1.165, 1.54) is 0 Å². The first kappa shape index (κ1) is 12.1. The Morgan fingerprint density at radius 2 is 1.59 bits per heavy atom. The van der Waals surface area contributed by atoms with E-state index in [2.05, 4.69) is 15.9 Å². The summed E-state index contributed by atoms with van der Waals surface area (Å²) >= 11 is 3.37. The molecule has 0 aliphatic carbocycles. The van der Waals surface area contributed by atoms with E-state index in [1.54, 1.807) is 0 Å². The highest BCUT2D eigenvalue weighted by Crippen LogP contribution is 2.21. The summed E-state index contributed by atoms with van der Waals surface area (Å²) in [7, 11) is 0. The molecule has 1 nitrogen and oxygen atoms in total. The van der Waals surface area contributed by atoms with Gasteiger partial charge in [0, 0.05) is 16.0 Å². The Labute approximate surface area is 110 Å². The molecule has 2 heteroatoms. The van der Waals surface area contributed by atoms with Crippen LogP contribution in [0.3, 0.4) is 0 Å². The lowest BCUT2D eigenvalue weighted by molar-refractivity contribution is 0.0966. The number of rotatable bonds is 3. The van der Waals surface area contributed by atoms with Crippen LogP contribution in [0.2, 0.25) is 0 Å². The van der Waals surface area contributed by atoms with Crippen LogP contribution in [0.15, 0.2) is 59.1 Å². The number of hydrogen-bond acceptors (Lipinski definition) is 1. The molecule has 0 saturated heterocycles. The highest BCUT2D eigenvalue weighted by molar-refractivity contribution is 9.10. The molecule has 0 bridgehead atoms. The van der Waals surface area contributed by atoms with Gasteiger partial charge in [-0.3, -0.25) is 4.79 Å². The van der Waals surface area contributed by atoms with Crippen LogP contribution in [0.25, 0.3) is 0 Å². The van der Waals surface area contributed by atoms with E-state index < -0.39 is 0 Å². The molecule has 0 fully saturated rings. The molecule has 0 radical (unpaired) electrons. The molecule has 0 aliphatic rings. The first-order chi connectivity index (χ1) is 8.18. The number of hydrogen-bond donors (Lipinski definition) is 0. The molecule has 0 amide bonds. The molecule has 1 atom stereocenters. The van der Waals surface area contributed by atoms with Crippen molar-refractivity contribution in [2.75, 3.05) is 0 Å². The molecule has 0 spiro atoms. The first-order valence-electron chi connectivity index (χ1n) is 5.53. The van der Waals surface area contributed by atoms with Gasteiger partial charge >= 0.3 is 0 Å². The number of ketones is 1. The Hall–Kier alpha value is -1.41. The van der Waals surface area contributed by atoms with E-state index in [0.29, 0.717) is 0 Å². The van der Waals surface area contributed by atoms with E-state index in [9.17, 15) is 4.79 Å². The van der Waals surface area contributed by atoms with Gasteiger partial charge in [0.1, 0.15) is 0 Å². The fourth-order valence-electron chi connectivity index (χ4n) is 1.76. The van der Waals surface area contributed by atoms with Gasteiger partial charge in [0.25, 0.3) is 0 Å². The Morgan fingerprint density at radius 3 is 2.18 bits per heavy atom. The van der Waals surface area contributed by atoms with Crippen molar-refractivity contribution in [1.82, 2.24) is 0 Å². The number of benzene rings is 2. The fourth-order valence-corrected chi connectivity index (χ4v) is 2.02. The van der Waals surface area contributed by atoms with Crippen LogP contribution in [-0.2, 0) is 0 Å². The van der Waals surface area contributed by atoms with Crippen molar-refractivity contribution in [3.8, 4) is 0 Å². The predicted molar refractivity (Wildman–Crippen MR) is 73.3 cm³/mol. The van der Waals surface area contributed by atoms with Gasteiger partial charge in [-0.05, 0) is 17.7 Å². The van der Waals surface area contributed by atoms with Crippen molar-refractivity contribution in [2.45, 2.75) is 12.8 Å². The van der Waals surface area contributed by atoms with Crippen molar-refractivity contribution < 1.29 is 4.79 Å². The Morgan fingerprint density at radius 1 is 1.00 bits per heavy atom. The normalized spacial score (nSPS) is 12.1. The van der Waals surface area contributed by atoms with E-state index in [0.717, 1.165) is 15.6 Å². The number of carbonyl (C=O) groups excluding carboxylic acids is 1. The largest absolute Gasteiger partial charge is 0.294 e. The Balaban J connectivity index is 2.23. The van der Waals surface area contributed by atoms with Crippen LogP contribution < -0.4 is 0 Å². The first-order valence-corrected chi connectivity index (χ1v) is 6.32. The second-order valence-corrected chi connectivity index (χ2v) is 4.92. The van der Waals surface area contributed by atoms with Crippen LogP contribution in [0, 0.1) is 0 Å². The standard InChI is InChI=1S/C15H13BrO/c1-11(12-5-3-2-4-6-12)15(17)13-7-9-14(16)10-8-13/h2-11H,1H3/t11-/m0/s1. The van der Waals surface area contributed by atoms with Crippen molar-refractivity contribution in [2.24, 2.45) is 0 Å². The van der Waals surface area contributed by atoms with Crippen molar-refractivity contribution in [1.29, 1.82) is 0 Å². The molecule has 2 rings (SSSR count). The average molecular weight is 289 g/mol. The monoisotopic (exact) mass is 288 g/mol.